The summed E-state index contributed by atoms with van der Waals surface area (Å²) in [5.74, 6) is -4.67. The lowest BCUT2D eigenvalue weighted by molar-refractivity contribution is -0.151. The van der Waals surface area contributed by atoms with Crippen molar-refractivity contribution in [3.63, 3.8) is 0 Å². The number of alkyl halides is 3. The molecular formula is C13H11F4NO3. The summed E-state index contributed by atoms with van der Waals surface area (Å²) in [6, 6.07) is 1.66. The maximum atomic E-state index is 13.5. The van der Waals surface area contributed by atoms with Gasteiger partial charge in [0.25, 0.3) is 0 Å². The van der Waals surface area contributed by atoms with E-state index in [1.165, 1.54) is 0 Å². The molecule has 1 aliphatic carbocycles. The Morgan fingerprint density at radius 3 is 2.29 bits per heavy atom. The smallest absolute Gasteiger partial charge is 0.416 e. The van der Waals surface area contributed by atoms with E-state index in [1.54, 1.807) is 0 Å². The number of rotatable bonds is 3. The molecule has 1 aromatic carbocycles. The quantitative estimate of drug-likeness (QED) is 0.844. The SMILES string of the molecule is O=C(O)C1CCC1C(=O)Nc1cc(C(F)(F)F)ccc1F. The van der Waals surface area contributed by atoms with E-state index in [-0.39, 0.29) is 0 Å². The molecule has 2 rings (SSSR count). The van der Waals surface area contributed by atoms with Crippen LogP contribution in [0.5, 0.6) is 0 Å². The lowest BCUT2D eigenvalue weighted by Gasteiger charge is -2.31. The average Bonchev–Trinajstić information content (AvgIpc) is 2.28. The molecule has 0 spiro atoms. The van der Waals surface area contributed by atoms with Crippen LogP contribution < -0.4 is 5.32 Å². The second-order valence-corrected chi connectivity index (χ2v) is 4.81. The zero-order chi connectivity index (χ0) is 15.8. The molecule has 8 heteroatoms. The van der Waals surface area contributed by atoms with Crippen LogP contribution in [-0.2, 0) is 15.8 Å². The third-order valence-electron chi connectivity index (χ3n) is 3.48. The summed E-state index contributed by atoms with van der Waals surface area (Å²) in [6.07, 6.45) is -4.03. The number of hydrogen-bond acceptors (Lipinski definition) is 2. The molecule has 0 aliphatic heterocycles. The van der Waals surface area contributed by atoms with E-state index in [9.17, 15) is 27.2 Å². The van der Waals surface area contributed by atoms with E-state index >= 15 is 0 Å². The summed E-state index contributed by atoms with van der Waals surface area (Å²) in [5.41, 5.74) is -1.70. The number of aliphatic carboxylic acids is 1. The van der Waals surface area contributed by atoms with Crippen LogP contribution >= 0.6 is 0 Å². The minimum atomic E-state index is -4.66. The molecule has 4 nitrogen and oxygen atoms in total. The first-order valence-electron chi connectivity index (χ1n) is 6.10. The number of amides is 1. The van der Waals surface area contributed by atoms with Crippen molar-refractivity contribution in [2.24, 2.45) is 11.8 Å². The maximum Gasteiger partial charge on any atom is 0.416 e. The molecule has 2 unspecified atom stereocenters. The molecule has 1 fully saturated rings. The van der Waals surface area contributed by atoms with E-state index in [4.69, 9.17) is 5.11 Å². The van der Waals surface area contributed by atoms with E-state index in [1.807, 2.05) is 5.32 Å². The molecule has 0 radical (unpaired) electrons. The largest absolute Gasteiger partial charge is 0.481 e. The van der Waals surface area contributed by atoms with Gasteiger partial charge in [0.2, 0.25) is 5.91 Å². The molecule has 1 aromatic rings. The predicted molar refractivity (Wildman–Crippen MR) is 63.9 cm³/mol. The Kier molecular flexibility index (Phi) is 3.89. The van der Waals surface area contributed by atoms with Gasteiger partial charge < -0.3 is 10.4 Å². The number of halogens is 4. The highest BCUT2D eigenvalue weighted by Crippen LogP contribution is 2.36. The van der Waals surface area contributed by atoms with Crippen LogP contribution in [-0.4, -0.2) is 17.0 Å². The normalized spacial score (nSPS) is 21.5. The molecule has 0 heterocycles. The van der Waals surface area contributed by atoms with Crippen LogP contribution in [0.3, 0.4) is 0 Å². The van der Waals surface area contributed by atoms with E-state index in [0.717, 1.165) is 0 Å². The fourth-order valence-electron chi connectivity index (χ4n) is 2.13. The minimum absolute atomic E-state index is 0.309. The van der Waals surface area contributed by atoms with Gasteiger partial charge in [-0.05, 0) is 31.0 Å². The fraction of sp³-hybridized carbons (Fsp3) is 0.385. The molecule has 0 saturated heterocycles. The van der Waals surface area contributed by atoms with Gasteiger partial charge in [0.1, 0.15) is 5.82 Å². The van der Waals surface area contributed by atoms with Crippen molar-refractivity contribution in [1.29, 1.82) is 0 Å². The van der Waals surface area contributed by atoms with Crippen LogP contribution in [0.1, 0.15) is 18.4 Å². The number of carbonyl (C=O) groups is 2. The minimum Gasteiger partial charge on any atom is -0.481 e. The first-order chi connectivity index (χ1) is 9.70. The lowest BCUT2D eigenvalue weighted by Crippen LogP contribution is -2.41. The molecular weight excluding hydrogens is 294 g/mol. The Hall–Kier alpha value is -2.12. The summed E-state index contributed by atoms with van der Waals surface area (Å²) in [6.45, 7) is 0. The number of hydrogen-bond donors (Lipinski definition) is 2. The van der Waals surface area contributed by atoms with E-state index in [0.29, 0.717) is 31.0 Å². The Bertz CT molecular complexity index is 585. The first-order valence-corrected chi connectivity index (χ1v) is 6.10. The van der Waals surface area contributed by atoms with Crippen molar-refractivity contribution in [3.8, 4) is 0 Å². The highest BCUT2D eigenvalue weighted by molar-refractivity contribution is 5.96. The lowest BCUT2D eigenvalue weighted by atomic mass is 9.73. The van der Waals surface area contributed by atoms with Gasteiger partial charge in [-0.3, -0.25) is 9.59 Å². The molecule has 2 atom stereocenters. The van der Waals surface area contributed by atoms with Crippen molar-refractivity contribution in [3.05, 3.63) is 29.6 Å². The Morgan fingerprint density at radius 2 is 1.81 bits per heavy atom. The summed E-state index contributed by atoms with van der Waals surface area (Å²) >= 11 is 0. The standard InChI is InChI=1S/C13H11F4NO3/c14-9-4-1-6(13(15,16)17)5-10(9)18-11(19)7-2-3-8(7)12(20)21/h1,4-5,7-8H,2-3H2,(H,18,19)(H,20,21). The molecule has 1 amide bonds. The van der Waals surface area contributed by atoms with Crippen LogP contribution in [0.4, 0.5) is 23.2 Å². The molecule has 114 valence electrons. The van der Waals surface area contributed by atoms with Crippen LogP contribution in [0.15, 0.2) is 18.2 Å². The fourth-order valence-corrected chi connectivity index (χ4v) is 2.13. The molecule has 21 heavy (non-hydrogen) atoms. The zero-order valence-electron chi connectivity index (χ0n) is 10.6. The first kappa shape index (κ1) is 15.3. The van der Waals surface area contributed by atoms with Crippen molar-refractivity contribution in [2.45, 2.75) is 19.0 Å². The number of carbonyl (C=O) groups excluding carboxylic acids is 1. The summed E-state index contributed by atoms with van der Waals surface area (Å²) in [4.78, 5) is 22.6. The molecule has 0 bridgehead atoms. The van der Waals surface area contributed by atoms with Gasteiger partial charge in [-0.2, -0.15) is 13.2 Å². The highest BCUT2D eigenvalue weighted by atomic mass is 19.4. The van der Waals surface area contributed by atoms with E-state index < -0.39 is 47.0 Å². The maximum absolute atomic E-state index is 13.5. The van der Waals surface area contributed by atoms with Crippen LogP contribution in [0.2, 0.25) is 0 Å². The van der Waals surface area contributed by atoms with Crippen molar-refractivity contribution in [1.82, 2.24) is 0 Å². The van der Waals surface area contributed by atoms with Crippen molar-refractivity contribution >= 4 is 17.6 Å². The molecule has 0 aromatic heterocycles. The van der Waals surface area contributed by atoms with Gasteiger partial charge in [-0.15, -0.1) is 0 Å². The summed E-state index contributed by atoms with van der Waals surface area (Å²) in [7, 11) is 0. The van der Waals surface area contributed by atoms with E-state index in [2.05, 4.69) is 0 Å². The summed E-state index contributed by atoms with van der Waals surface area (Å²) < 4.78 is 51.0. The third kappa shape index (κ3) is 3.14. The second-order valence-electron chi connectivity index (χ2n) is 4.81. The number of carboxylic acids is 1. The number of nitrogens with one attached hydrogen (secondary N) is 1. The highest BCUT2D eigenvalue weighted by Gasteiger charge is 2.41. The van der Waals surface area contributed by atoms with Gasteiger partial charge in [0.05, 0.1) is 23.1 Å². The Balaban J connectivity index is 2.16. The average molecular weight is 305 g/mol. The van der Waals surface area contributed by atoms with Crippen LogP contribution in [0.25, 0.3) is 0 Å². The molecule has 1 aliphatic rings. The summed E-state index contributed by atoms with van der Waals surface area (Å²) in [5, 5.41) is 10.9. The predicted octanol–water partition coefficient (Wildman–Crippen LogP) is 2.89. The topological polar surface area (TPSA) is 66.4 Å². The van der Waals surface area contributed by atoms with Crippen molar-refractivity contribution in [2.75, 3.05) is 5.32 Å². The van der Waals surface area contributed by atoms with Crippen LogP contribution in [0, 0.1) is 17.7 Å². The monoisotopic (exact) mass is 305 g/mol. The Labute approximate surface area is 116 Å². The van der Waals surface area contributed by atoms with Gasteiger partial charge in [0, 0.05) is 0 Å². The molecule has 2 N–H and O–H groups in total. The third-order valence-corrected chi connectivity index (χ3v) is 3.48. The molecule has 1 saturated carbocycles. The van der Waals surface area contributed by atoms with Gasteiger partial charge in [0.15, 0.2) is 0 Å². The number of carboxylic acid groups (broad SMARTS) is 1. The number of benzene rings is 1. The zero-order valence-corrected chi connectivity index (χ0v) is 10.6. The van der Waals surface area contributed by atoms with Gasteiger partial charge in [-0.1, -0.05) is 0 Å². The van der Waals surface area contributed by atoms with Gasteiger partial charge in [-0.25, -0.2) is 4.39 Å². The van der Waals surface area contributed by atoms with Gasteiger partial charge >= 0.3 is 12.1 Å². The Morgan fingerprint density at radius 1 is 1.19 bits per heavy atom. The van der Waals surface area contributed by atoms with Crippen molar-refractivity contribution < 1.29 is 32.3 Å². The second kappa shape index (κ2) is 5.34. The number of anilines is 1.